The van der Waals surface area contributed by atoms with Crippen molar-refractivity contribution in [2.75, 3.05) is 12.3 Å². The van der Waals surface area contributed by atoms with Gasteiger partial charge in [0.05, 0.1) is 13.0 Å². The van der Waals surface area contributed by atoms with E-state index in [0.29, 0.717) is 5.69 Å². The van der Waals surface area contributed by atoms with Crippen LogP contribution in [0, 0.1) is 0 Å². The van der Waals surface area contributed by atoms with Crippen LogP contribution in [0.1, 0.15) is 6.42 Å². The lowest BCUT2D eigenvalue weighted by Crippen LogP contribution is -2.37. The summed E-state index contributed by atoms with van der Waals surface area (Å²) in [5.41, 5.74) is 5.72. The van der Waals surface area contributed by atoms with Crippen LogP contribution in [0.3, 0.4) is 0 Å². The molecule has 0 fully saturated rings. The molecule has 0 atom stereocenters. The Hall–Kier alpha value is -1.53. The summed E-state index contributed by atoms with van der Waals surface area (Å²) in [4.78, 5) is 0. The van der Waals surface area contributed by atoms with E-state index in [1.54, 1.807) is 0 Å². The van der Waals surface area contributed by atoms with Crippen molar-refractivity contribution in [2.45, 2.75) is 18.5 Å². The van der Waals surface area contributed by atoms with E-state index in [1.165, 1.54) is 24.3 Å². The van der Waals surface area contributed by atoms with Crippen molar-refractivity contribution in [3.8, 4) is 5.75 Å². The lowest BCUT2D eigenvalue weighted by Gasteiger charge is -2.19. The van der Waals surface area contributed by atoms with Crippen LogP contribution in [-0.4, -0.2) is 18.7 Å². The lowest BCUT2D eigenvalue weighted by atomic mass is 10.2. The van der Waals surface area contributed by atoms with E-state index in [4.69, 9.17) is 10.5 Å². The predicted molar refractivity (Wildman–Crippen MR) is 52.0 cm³/mol. The zero-order chi connectivity index (χ0) is 13.1. The van der Waals surface area contributed by atoms with E-state index in [0.717, 1.165) is 0 Å². The summed E-state index contributed by atoms with van der Waals surface area (Å²) in [6.07, 6.45) is -6.97. The molecule has 0 aromatic heterocycles. The molecule has 0 radical (unpaired) electrons. The fraction of sp³-hybridized carbons (Fsp3) is 0.400. The summed E-state index contributed by atoms with van der Waals surface area (Å²) in [5.74, 6) is -4.59. The number of nitrogen functional groups attached to an aromatic ring is 1. The first kappa shape index (κ1) is 13.5. The zero-order valence-electron chi connectivity index (χ0n) is 8.60. The number of rotatable bonds is 4. The molecule has 1 rings (SSSR count). The van der Waals surface area contributed by atoms with Gasteiger partial charge in [0.2, 0.25) is 0 Å². The van der Waals surface area contributed by atoms with Gasteiger partial charge in [0.1, 0.15) is 5.75 Å². The normalized spacial score (nSPS) is 12.5. The van der Waals surface area contributed by atoms with Crippen molar-refractivity contribution in [3.05, 3.63) is 24.3 Å². The third kappa shape index (κ3) is 3.76. The largest absolute Gasteiger partial charge is 0.493 e. The molecular formula is C10H10F5NO. The second-order valence-corrected chi connectivity index (χ2v) is 3.37. The van der Waals surface area contributed by atoms with Crippen LogP contribution in [0.5, 0.6) is 5.75 Å². The van der Waals surface area contributed by atoms with Gasteiger partial charge < -0.3 is 10.5 Å². The Morgan fingerprint density at radius 3 is 2.29 bits per heavy atom. The molecule has 17 heavy (non-hydrogen) atoms. The van der Waals surface area contributed by atoms with Gasteiger partial charge >= 0.3 is 12.1 Å². The molecule has 0 heterocycles. The van der Waals surface area contributed by atoms with Crippen LogP contribution < -0.4 is 10.5 Å². The van der Waals surface area contributed by atoms with Gasteiger partial charge in [0.15, 0.2) is 0 Å². The molecular weight excluding hydrogens is 245 g/mol. The SMILES string of the molecule is Nc1cccc(OCCC(F)(F)C(F)(F)F)c1. The molecule has 0 saturated heterocycles. The minimum absolute atomic E-state index is 0.156. The van der Waals surface area contributed by atoms with Gasteiger partial charge in [0, 0.05) is 11.8 Å². The Morgan fingerprint density at radius 2 is 1.76 bits per heavy atom. The van der Waals surface area contributed by atoms with Crippen LogP contribution in [0.25, 0.3) is 0 Å². The summed E-state index contributed by atoms with van der Waals surface area (Å²) in [7, 11) is 0. The number of hydrogen-bond acceptors (Lipinski definition) is 2. The summed E-state index contributed by atoms with van der Waals surface area (Å²) in [6.45, 7) is -0.740. The highest BCUT2D eigenvalue weighted by Gasteiger charge is 2.56. The Labute approximate surface area is 94.2 Å². The summed E-state index contributed by atoms with van der Waals surface area (Å²) in [5, 5.41) is 0. The van der Waals surface area contributed by atoms with Gasteiger partial charge in [-0.05, 0) is 12.1 Å². The molecule has 1 aromatic rings. The van der Waals surface area contributed by atoms with Gasteiger partial charge in [-0.2, -0.15) is 22.0 Å². The molecule has 0 amide bonds. The second kappa shape index (κ2) is 4.77. The highest BCUT2D eigenvalue weighted by Crippen LogP contribution is 2.37. The monoisotopic (exact) mass is 255 g/mol. The van der Waals surface area contributed by atoms with Crippen LogP contribution in [0.4, 0.5) is 27.6 Å². The van der Waals surface area contributed by atoms with Crippen molar-refractivity contribution in [1.29, 1.82) is 0 Å². The number of halogens is 5. The summed E-state index contributed by atoms with van der Waals surface area (Å²) in [6, 6.07) is 5.80. The van der Waals surface area contributed by atoms with Crippen LogP contribution >= 0.6 is 0 Å². The minimum Gasteiger partial charge on any atom is -0.493 e. The Balaban J connectivity index is 2.48. The van der Waals surface area contributed by atoms with Crippen molar-refractivity contribution in [3.63, 3.8) is 0 Å². The van der Waals surface area contributed by atoms with Crippen molar-refractivity contribution < 1.29 is 26.7 Å². The molecule has 2 N–H and O–H groups in total. The quantitative estimate of drug-likeness (QED) is 0.662. The first-order valence-electron chi connectivity index (χ1n) is 4.65. The number of hydrogen-bond donors (Lipinski definition) is 1. The molecule has 0 aliphatic carbocycles. The molecule has 7 heteroatoms. The van der Waals surface area contributed by atoms with E-state index < -0.39 is 25.1 Å². The molecule has 2 nitrogen and oxygen atoms in total. The maximum absolute atomic E-state index is 12.5. The maximum Gasteiger partial charge on any atom is 0.453 e. The second-order valence-electron chi connectivity index (χ2n) is 3.37. The molecule has 96 valence electrons. The van der Waals surface area contributed by atoms with Gasteiger partial charge in [0.25, 0.3) is 0 Å². The first-order valence-corrected chi connectivity index (χ1v) is 4.65. The van der Waals surface area contributed by atoms with Crippen molar-refractivity contribution >= 4 is 5.69 Å². The standard InChI is InChI=1S/C10H10F5NO/c11-9(12,10(13,14)15)4-5-17-8-3-1-2-7(16)6-8/h1-3,6H,4-5,16H2. The van der Waals surface area contributed by atoms with Crippen LogP contribution in [-0.2, 0) is 0 Å². The van der Waals surface area contributed by atoms with Gasteiger partial charge in [-0.25, -0.2) is 0 Å². The molecule has 0 saturated carbocycles. The van der Waals surface area contributed by atoms with E-state index in [2.05, 4.69) is 0 Å². The molecule has 0 aliphatic heterocycles. The third-order valence-electron chi connectivity index (χ3n) is 1.96. The fourth-order valence-electron chi connectivity index (χ4n) is 1.04. The predicted octanol–water partition coefficient (Wildman–Crippen LogP) is 3.24. The van der Waals surface area contributed by atoms with Crippen molar-refractivity contribution in [1.82, 2.24) is 0 Å². The van der Waals surface area contributed by atoms with Gasteiger partial charge in [-0.1, -0.05) is 6.07 Å². The van der Waals surface area contributed by atoms with Gasteiger partial charge in [-0.3, -0.25) is 0 Å². The molecule has 1 aromatic carbocycles. The Morgan fingerprint density at radius 1 is 1.12 bits per heavy atom. The third-order valence-corrected chi connectivity index (χ3v) is 1.96. The first-order chi connectivity index (χ1) is 7.72. The lowest BCUT2D eigenvalue weighted by molar-refractivity contribution is -0.285. The minimum atomic E-state index is -5.55. The highest BCUT2D eigenvalue weighted by molar-refractivity contribution is 5.43. The highest BCUT2D eigenvalue weighted by atomic mass is 19.4. The smallest absolute Gasteiger partial charge is 0.453 e. The maximum atomic E-state index is 12.5. The zero-order valence-corrected chi connectivity index (χ0v) is 8.60. The summed E-state index contributed by atoms with van der Waals surface area (Å²) >= 11 is 0. The summed E-state index contributed by atoms with van der Waals surface area (Å²) < 4.78 is 65.1. The number of nitrogens with two attached hydrogens (primary N) is 1. The average molecular weight is 255 g/mol. The number of anilines is 1. The molecule has 0 unspecified atom stereocenters. The van der Waals surface area contributed by atoms with Crippen LogP contribution in [0.15, 0.2) is 24.3 Å². The number of benzene rings is 1. The number of ether oxygens (including phenoxy) is 1. The van der Waals surface area contributed by atoms with E-state index >= 15 is 0 Å². The Kier molecular flexibility index (Phi) is 3.79. The molecule has 0 bridgehead atoms. The van der Waals surface area contributed by atoms with E-state index in [1.807, 2.05) is 0 Å². The van der Waals surface area contributed by atoms with Gasteiger partial charge in [-0.15, -0.1) is 0 Å². The topological polar surface area (TPSA) is 35.2 Å². The van der Waals surface area contributed by atoms with E-state index in [-0.39, 0.29) is 5.75 Å². The van der Waals surface area contributed by atoms with Crippen molar-refractivity contribution in [2.24, 2.45) is 0 Å². The molecule has 0 spiro atoms. The number of alkyl halides is 5. The van der Waals surface area contributed by atoms with E-state index in [9.17, 15) is 22.0 Å². The Bertz CT molecular complexity index is 377. The molecule has 0 aliphatic rings. The fourth-order valence-corrected chi connectivity index (χ4v) is 1.04. The van der Waals surface area contributed by atoms with Crippen LogP contribution in [0.2, 0.25) is 0 Å². The average Bonchev–Trinajstić information content (AvgIpc) is 2.15.